The van der Waals surface area contributed by atoms with Gasteiger partial charge in [0.2, 0.25) is 15.9 Å². The Morgan fingerprint density at radius 2 is 1.77 bits per heavy atom. The number of nitrogens with zero attached hydrogens (tertiary/aromatic N) is 2. The van der Waals surface area contributed by atoms with Crippen molar-refractivity contribution in [1.29, 1.82) is 0 Å². The first-order valence-electron chi connectivity index (χ1n) is 10.9. The van der Waals surface area contributed by atoms with Crippen molar-refractivity contribution in [3.63, 3.8) is 0 Å². The number of aromatic nitrogens is 1. The number of H-pyrrole nitrogens is 1. The maximum absolute atomic E-state index is 13.0. The molecule has 1 saturated heterocycles. The van der Waals surface area contributed by atoms with Gasteiger partial charge in [-0.3, -0.25) is 4.79 Å². The third-order valence-electron chi connectivity index (χ3n) is 5.65. The van der Waals surface area contributed by atoms with Crippen LogP contribution in [0.25, 0.3) is 0 Å². The fraction of sp³-hybridized carbons (Fsp3) is 0.455. The molecule has 0 unspecified atom stereocenters. The highest BCUT2D eigenvalue weighted by molar-refractivity contribution is 7.89. The van der Waals surface area contributed by atoms with Gasteiger partial charge in [-0.1, -0.05) is 6.07 Å². The van der Waals surface area contributed by atoms with Gasteiger partial charge in [0.05, 0.1) is 18.7 Å². The van der Waals surface area contributed by atoms with Gasteiger partial charge in [-0.05, 0) is 39.0 Å². The number of nitrogens with one attached hydrogen (secondary N) is 2. The summed E-state index contributed by atoms with van der Waals surface area (Å²) in [5.74, 6) is -1.27. The van der Waals surface area contributed by atoms with E-state index in [1.165, 1.54) is 17.9 Å². The molecule has 0 aliphatic carbocycles. The number of carbonyl (C=O) groups excluding carboxylic acids is 2. The number of benzene rings is 1. The molecule has 0 radical (unpaired) electrons. The highest BCUT2D eigenvalue weighted by Crippen LogP contribution is 2.32. The SMILES string of the molecule is CCOC(=O)c1c(C)[nH]c(C)c1S(=O)(=O)NCC(=O)N1CCN(c2cccc(C(F)(F)F)c2)CC1. The summed E-state index contributed by atoms with van der Waals surface area (Å²) in [7, 11) is -4.22. The fourth-order valence-electron chi connectivity index (χ4n) is 3.98. The van der Waals surface area contributed by atoms with E-state index in [4.69, 9.17) is 4.74 Å². The number of hydrogen-bond acceptors (Lipinski definition) is 6. The Balaban J connectivity index is 1.63. The fourth-order valence-corrected chi connectivity index (χ4v) is 5.39. The summed E-state index contributed by atoms with van der Waals surface area (Å²) in [6, 6.07) is 4.97. The molecule has 35 heavy (non-hydrogen) atoms. The Kier molecular flexibility index (Phi) is 7.80. The predicted molar refractivity (Wildman–Crippen MR) is 122 cm³/mol. The van der Waals surface area contributed by atoms with E-state index in [1.807, 2.05) is 0 Å². The number of ether oxygens (including phenoxy) is 1. The number of aromatic amines is 1. The van der Waals surface area contributed by atoms with Crippen LogP contribution < -0.4 is 9.62 Å². The van der Waals surface area contributed by atoms with E-state index in [0.717, 1.165) is 12.1 Å². The molecule has 2 N–H and O–H groups in total. The maximum Gasteiger partial charge on any atom is 0.416 e. The molecular formula is C22H27F3N4O5S. The van der Waals surface area contributed by atoms with Crippen LogP contribution in [0.15, 0.2) is 29.2 Å². The zero-order chi connectivity index (χ0) is 26.0. The summed E-state index contributed by atoms with van der Waals surface area (Å²) < 4.78 is 72.0. The molecule has 1 aromatic heterocycles. The molecule has 0 spiro atoms. The van der Waals surface area contributed by atoms with Crippen molar-refractivity contribution in [2.24, 2.45) is 0 Å². The highest BCUT2D eigenvalue weighted by Gasteiger charge is 2.32. The smallest absolute Gasteiger partial charge is 0.416 e. The Morgan fingerprint density at radius 3 is 2.37 bits per heavy atom. The number of aryl methyl sites for hydroxylation is 2. The van der Waals surface area contributed by atoms with Gasteiger partial charge < -0.3 is 19.5 Å². The van der Waals surface area contributed by atoms with Crippen LogP contribution in [0.3, 0.4) is 0 Å². The van der Waals surface area contributed by atoms with E-state index in [0.29, 0.717) is 24.5 Å². The average molecular weight is 517 g/mol. The lowest BCUT2D eigenvalue weighted by Crippen LogP contribution is -2.51. The Labute approximate surface area is 201 Å². The molecule has 2 heterocycles. The first-order valence-corrected chi connectivity index (χ1v) is 12.4. The normalized spacial score (nSPS) is 14.8. The zero-order valence-corrected chi connectivity index (χ0v) is 20.3. The van der Waals surface area contributed by atoms with Crippen molar-refractivity contribution in [3.05, 3.63) is 46.8 Å². The summed E-state index contributed by atoms with van der Waals surface area (Å²) >= 11 is 0. The number of sulfonamides is 1. The number of halogens is 3. The van der Waals surface area contributed by atoms with E-state index in [9.17, 15) is 31.2 Å². The number of anilines is 1. The van der Waals surface area contributed by atoms with E-state index in [2.05, 4.69) is 9.71 Å². The van der Waals surface area contributed by atoms with Crippen LogP contribution in [0.2, 0.25) is 0 Å². The lowest BCUT2D eigenvalue weighted by molar-refractivity contribution is -0.137. The van der Waals surface area contributed by atoms with Crippen LogP contribution in [0.5, 0.6) is 0 Å². The van der Waals surface area contributed by atoms with Gasteiger partial charge in [-0.15, -0.1) is 0 Å². The molecule has 1 aliphatic rings. The average Bonchev–Trinajstić information content (AvgIpc) is 3.12. The standard InChI is InChI=1S/C22H27F3N4O5S/c1-4-34-21(31)19-14(2)27-15(3)20(19)35(32,33)26-13-18(30)29-10-8-28(9-11-29)17-7-5-6-16(12-17)22(23,24)25/h5-7,12,26-27H,4,8-11,13H2,1-3H3. The van der Waals surface area contributed by atoms with Gasteiger partial charge in [0.1, 0.15) is 10.5 Å². The van der Waals surface area contributed by atoms with E-state index >= 15 is 0 Å². The van der Waals surface area contributed by atoms with Gasteiger partial charge in [0, 0.05) is 43.3 Å². The quantitative estimate of drug-likeness (QED) is 0.547. The van der Waals surface area contributed by atoms with Crippen LogP contribution in [0.4, 0.5) is 18.9 Å². The van der Waals surface area contributed by atoms with Crippen molar-refractivity contribution >= 4 is 27.6 Å². The third-order valence-corrected chi connectivity index (χ3v) is 7.22. The molecule has 13 heteroatoms. The van der Waals surface area contributed by atoms with Crippen LogP contribution in [0, 0.1) is 13.8 Å². The van der Waals surface area contributed by atoms with Gasteiger partial charge in [-0.2, -0.15) is 13.2 Å². The number of esters is 1. The molecule has 1 fully saturated rings. The minimum absolute atomic E-state index is 0.0698. The molecule has 1 aromatic carbocycles. The van der Waals surface area contributed by atoms with Crippen molar-refractivity contribution < 1.29 is 35.9 Å². The second kappa shape index (κ2) is 10.3. The highest BCUT2D eigenvalue weighted by atomic mass is 32.2. The van der Waals surface area contributed by atoms with Crippen LogP contribution in [-0.2, 0) is 25.7 Å². The van der Waals surface area contributed by atoms with Crippen LogP contribution in [-0.4, -0.2) is 69.5 Å². The van der Waals surface area contributed by atoms with Gasteiger partial charge in [0.15, 0.2) is 0 Å². The van der Waals surface area contributed by atoms with Crippen molar-refractivity contribution in [3.8, 4) is 0 Å². The molecule has 1 aliphatic heterocycles. The van der Waals surface area contributed by atoms with Gasteiger partial charge in [-0.25, -0.2) is 17.9 Å². The minimum atomic E-state index is -4.45. The second-order valence-corrected chi connectivity index (χ2v) is 9.74. The van der Waals surface area contributed by atoms with Gasteiger partial charge >= 0.3 is 12.1 Å². The Bertz CT molecular complexity index is 1200. The summed E-state index contributed by atoms with van der Waals surface area (Å²) in [6.07, 6.45) is -4.45. The van der Waals surface area contributed by atoms with Gasteiger partial charge in [0.25, 0.3) is 0 Å². The van der Waals surface area contributed by atoms with E-state index in [-0.39, 0.29) is 35.8 Å². The molecular weight excluding hydrogens is 489 g/mol. The molecule has 9 nitrogen and oxygen atoms in total. The largest absolute Gasteiger partial charge is 0.462 e. The second-order valence-electron chi connectivity index (χ2n) is 8.04. The monoisotopic (exact) mass is 516 g/mol. The molecule has 192 valence electrons. The Morgan fingerprint density at radius 1 is 1.11 bits per heavy atom. The summed E-state index contributed by atoms with van der Waals surface area (Å²) in [5, 5.41) is 0. The number of alkyl halides is 3. The van der Waals surface area contributed by atoms with E-state index in [1.54, 1.807) is 24.8 Å². The summed E-state index contributed by atoms with van der Waals surface area (Å²) in [6.45, 7) is 5.21. The number of amides is 1. The van der Waals surface area contributed by atoms with Crippen LogP contribution in [0.1, 0.15) is 34.2 Å². The number of carbonyl (C=O) groups is 2. The summed E-state index contributed by atoms with van der Waals surface area (Å²) in [4.78, 5) is 30.6. The molecule has 3 rings (SSSR count). The number of piperazine rings is 1. The molecule has 0 saturated carbocycles. The van der Waals surface area contributed by atoms with Crippen molar-refractivity contribution in [1.82, 2.24) is 14.6 Å². The zero-order valence-electron chi connectivity index (χ0n) is 19.5. The molecule has 0 bridgehead atoms. The lowest BCUT2D eigenvalue weighted by Gasteiger charge is -2.36. The minimum Gasteiger partial charge on any atom is -0.462 e. The first-order chi connectivity index (χ1) is 16.3. The maximum atomic E-state index is 13.0. The Hall–Kier alpha value is -3.06. The predicted octanol–water partition coefficient (Wildman–Crippen LogP) is 2.45. The third kappa shape index (κ3) is 5.96. The van der Waals surface area contributed by atoms with Crippen LogP contribution >= 0.6 is 0 Å². The first kappa shape index (κ1) is 26.5. The molecule has 1 amide bonds. The lowest BCUT2D eigenvalue weighted by atomic mass is 10.1. The molecule has 2 aromatic rings. The van der Waals surface area contributed by atoms with Crippen molar-refractivity contribution in [2.45, 2.75) is 31.8 Å². The molecule has 0 atom stereocenters. The topological polar surface area (TPSA) is 112 Å². The number of hydrogen-bond donors (Lipinski definition) is 2. The summed E-state index contributed by atoms with van der Waals surface area (Å²) in [5.41, 5.74) is 0.107. The van der Waals surface area contributed by atoms with E-state index < -0.39 is 40.2 Å². The van der Waals surface area contributed by atoms with Crippen molar-refractivity contribution in [2.75, 3.05) is 44.2 Å². The number of rotatable bonds is 7.